The Morgan fingerprint density at radius 2 is 2.25 bits per heavy atom. The molecule has 20 heavy (non-hydrogen) atoms. The maximum absolute atomic E-state index is 11.8. The fraction of sp³-hybridized carbons (Fsp3) is 0.462. The summed E-state index contributed by atoms with van der Waals surface area (Å²) in [5, 5.41) is 6.86. The van der Waals surface area contributed by atoms with Crippen LogP contribution < -0.4 is 5.73 Å². The highest BCUT2D eigenvalue weighted by atomic mass is 16.5. The summed E-state index contributed by atoms with van der Waals surface area (Å²) in [6, 6.07) is 0. The molecule has 0 aliphatic heterocycles. The number of aromatic amines is 1. The summed E-state index contributed by atoms with van der Waals surface area (Å²) in [6.07, 6.45) is 2.43. The molecule has 0 fully saturated rings. The van der Waals surface area contributed by atoms with Crippen LogP contribution in [-0.2, 0) is 17.7 Å². The van der Waals surface area contributed by atoms with Crippen molar-refractivity contribution in [1.29, 1.82) is 0 Å². The molecule has 2 heterocycles. The van der Waals surface area contributed by atoms with Gasteiger partial charge in [0.05, 0.1) is 19.3 Å². The van der Waals surface area contributed by atoms with Crippen LogP contribution >= 0.6 is 0 Å². The molecule has 0 atom stereocenters. The Morgan fingerprint density at radius 3 is 2.80 bits per heavy atom. The molecule has 7 nitrogen and oxygen atoms in total. The molecule has 0 spiro atoms. The second-order valence-corrected chi connectivity index (χ2v) is 4.44. The summed E-state index contributed by atoms with van der Waals surface area (Å²) in [6.45, 7) is 6.49. The van der Waals surface area contributed by atoms with Gasteiger partial charge in [-0.25, -0.2) is 9.78 Å². The zero-order chi connectivity index (χ0) is 14.7. The molecule has 2 aromatic rings. The predicted octanol–water partition coefficient (Wildman–Crippen LogP) is 1.28. The number of aromatic nitrogens is 4. The van der Waals surface area contributed by atoms with Crippen molar-refractivity contribution in [3.05, 3.63) is 29.0 Å². The van der Waals surface area contributed by atoms with Gasteiger partial charge in [0.25, 0.3) is 0 Å². The van der Waals surface area contributed by atoms with Crippen LogP contribution in [0.4, 0.5) is 5.82 Å². The Morgan fingerprint density at radius 1 is 1.50 bits per heavy atom. The third-order valence-electron chi connectivity index (χ3n) is 3.13. The number of imidazole rings is 1. The van der Waals surface area contributed by atoms with Crippen LogP contribution in [0.15, 0.2) is 6.20 Å². The zero-order valence-electron chi connectivity index (χ0n) is 11.9. The Balaban J connectivity index is 2.37. The van der Waals surface area contributed by atoms with E-state index < -0.39 is 5.97 Å². The summed E-state index contributed by atoms with van der Waals surface area (Å²) in [5.41, 5.74) is 8.22. The van der Waals surface area contributed by atoms with Crippen LogP contribution in [0.2, 0.25) is 0 Å². The third kappa shape index (κ3) is 2.52. The van der Waals surface area contributed by atoms with Gasteiger partial charge in [0.1, 0.15) is 11.6 Å². The van der Waals surface area contributed by atoms with Gasteiger partial charge in [0.15, 0.2) is 5.69 Å². The molecule has 0 bridgehead atoms. The number of esters is 1. The van der Waals surface area contributed by atoms with Gasteiger partial charge in [-0.15, -0.1) is 0 Å². The van der Waals surface area contributed by atoms with Gasteiger partial charge in [-0.1, -0.05) is 6.92 Å². The van der Waals surface area contributed by atoms with Gasteiger partial charge >= 0.3 is 5.97 Å². The van der Waals surface area contributed by atoms with E-state index in [2.05, 4.69) is 15.2 Å². The van der Waals surface area contributed by atoms with Gasteiger partial charge in [-0.2, -0.15) is 5.10 Å². The fourth-order valence-electron chi connectivity index (χ4n) is 2.01. The number of carbonyl (C=O) groups excluding carboxylic acids is 1. The normalized spacial score (nSPS) is 10.8. The molecule has 0 saturated carbocycles. The highest BCUT2D eigenvalue weighted by Gasteiger charge is 2.21. The maximum atomic E-state index is 11.8. The van der Waals surface area contributed by atoms with Crippen molar-refractivity contribution in [2.45, 2.75) is 33.7 Å². The zero-order valence-corrected chi connectivity index (χ0v) is 11.9. The van der Waals surface area contributed by atoms with E-state index in [0.717, 1.165) is 17.1 Å². The average Bonchev–Trinajstić information content (AvgIpc) is 2.96. The van der Waals surface area contributed by atoms with E-state index in [4.69, 9.17) is 10.5 Å². The van der Waals surface area contributed by atoms with Crippen LogP contribution in [0.3, 0.4) is 0 Å². The van der Waals surface area contributed by atoms with Crippen molar-refractivity contribution in [2.75, 3.05) is 12.3 Å². The number of hydrogen-bond acceptors (Lipinski definition) is 5. The monoisotopic (exact) mass is 277 g/mol. The molecule has 3 N–H and O–H groups in total. The highest BCUT2D eigenvalue weighted by molar-refractivity contribution is 5.92. The molecule has 2 aromatic heterocycles. The Bertz CT molecular complexity index is 614. The number of nitrogens with zero attached hydrogens (tertiary/aromatic N) is 3. The molecule has 0 aliphatic carbocycles. The highest BCUT2D eigenvalue weighted by Crippen LogP contribution is 2.19. The van der Waals surface area contributed by atoms with Gasteiger partial charge < -0.3 is 15.0 Å². The van der Waals surface area contributed by atoms with E-state index in [1.807, 2.05) is 18.4 Å². The van der Waals surface area contributed by atoms with E-state index in [9.17, 15) is 4.79 Å². The standard InChI is InChI=1S/C13H19N5O2/c1-4-10-16-11(13(19)20-5-2)12(14)18(10)7-9-6-15-17-8(9)3/h6H,4-5,7,14H2,1-3H3,(H,15,17). The Hall–Kier alpha value is -2.31. The summed E-state index contributed by atoms with van der Waals surface area (Å²) in [5.74, 6) is 0.606. The minimum atomic E-state index is -0.484. The van der Waals surface area contributed by atoms with Crippen LogP contribution in [-0.4, -0.2) is 32.3 Å². The number of nitrogens with two attached hydrogens (primary N) is 1. The van der Waals surface area contributed by atoms with Gasteiger partial charge in [-0.05, 0) is 13.8 Å². The van der Waals surface area contributed by atoms with Gasteiger partial charge in [0.2, 0.25) is 0 Å². The number of nitrogens with one attached hydrogen (secondary N) is 1. The number of rotatable bonds is 5. The first kappa shape index (κ1) is 14.1. The summed E-state index contributed by atoms with van der Waals surface area (Å²) in [7, 11) is 0. The number of H-pyrrole nitrogens is 1. The molecule has 0 aromatic carbocycles. The molecule has 0 unspecified atom stereocenters. The van der Waals surface area contributed by atoms with Crippen molar-refractivity contribution in [1.82, 2.24) is 19.7 Å². The number of ether oxygens (including phenoxy) is 1. The molecule has 0 aliphatic rings. The molecular formula is C13H19N5O2. The Kier molecular flexibility index (Phi) is 4.07. The molecule has 0 saturated heterocycles. The molecule has 2 rings (SSSR count). The minimum absolute atomic E-state index is 0.185. The van der Waals surface area contributed by atoms with Crippen molar-refractivity contribution in [2.24, 2.45) is 0 Å². The first-order valence-electron chi connectivity index (χ1n) is 6.59. The van der Waals surface area contributed by atoms with E-state index in [1.165, 1.54) is 0 Å². The third-order valence-corrected chi connectivity index (χ3v) is 3.13. The van der Waals surface area contributed by atoms with Crippen LogP contribution in [0.1, 0.15) is 41.4 Å². The lowest BCUT2D eigenvalue weighted by atomic mass is 10.2. The molecular weight excluding hydrogens is 258 g/mol. The van der Waals surface area contributed by atoms with E-state index in [1.54, 1.807) is 13.1 Å². The molecule has 0 radical (unpaired) electrons. The number of nitrogen functional groups attached to an aromatic ring is 1. The first-order chi connectivity index (χ1) is 9.58. The van der Waals surface area contributed by atoms with E-state index >= 15 is 0 Å². The second kappa shape index (κ2) is 5.77. The predicted molar refractivity (Wildman–Crippen MR) is 74.4 cm³/mol. The maximum Gasteiger partial charge on any atom is 0.360 e. The van der Waals surface area contributed by atoms with Crippen LogP contribution in [0, 0.1) is 6.92 Å². The largest absolute Gasteiger partial charge is 0.461 e. The lowest BCUT2D eigenvalue weighted by Gasteiger charge is -2.08. The van der Waals surface area contributed by atoms with E-state index in [-0.39, 0.29) is 5.69 Å². The topological polar surface area (TPSA) is 98.8 Å². The SMILES string of the molecule is CCOC(=O)c1nc(CC)n(Cc2cn[nH]c2C)c1N. The van der Waals surface area contributed by atoms with Gasteiger partial charge in [0, 0.05) is 17.7 Å². The number of carbonyl (C=O) groups is 1. The minimum Gasteiger partial charge on any atom is -0.461 e. The lowest BCUT2D eigenvalue weighted by Crippen LogP contribution is -2.11. The van der Waals surface area contributed by atoms with Crippen molar-refractivity contribution >= 4 is 11.8 Å². The van der Waals surface area contributed by atoms with Gasteiger partial charge in [-0.3, -0.25) is 5.10 Å². The summed E-state index contributed by atoms with van der Waals surface area (Å²) < 4.78 is 6.79. The molecule has 7 heteroatoms. The number of aryl methyl sites for hydroxylation is 2. The fourth-order valence-corrected chi connectivity index (χ4v) is 2.01. The summed E-state index contributed by atoms with van der Waals surface area (Å²) >= 11 is 0. The quantitative estimate of drug-likeness (QED) is 0.802. The lowest BCUT2D eigenvalue weighted by molar-refractivity contribution is 0.0521. The van der Waals surface area contributed by atoms with Crippen LogP contribution in [0.25, 0.3) is 0 Å². The number of hydrogen-bond donors (Lipinski definition) is 2. The molecule has 0 amide bonds. The van der Waals surface area contributed by atoms with Crippen molar-refractivity contribution < 1.29 is 9.53 Å². The number of anilines is 1. The van der Waals surface area contributed by atoms with E-state index in [0.29, 0.717) is 25.4 Å². The van der Waals surface area contributed by atoms with Crippen molar-refractivity contribution in [3.8, 4) is 0 Å². The van der Waals surface area contributed by atoms with Crippen molar-refractivity contribution in [3.63, 3.8) is 0 Å². The van der Waals surface area contributed by atoms with Crippen LogP contribution in [0.5, 0.6) is 0 Å². The Labute approximate surface area is 117 Å². The second-order valence-electron chi connectivity index (χ2n) is 4.44. The summed E-state index contributed by atoms with van der Waals surface area (Å²) in [4.78, 5) is 16.1. The first-order valence-corrected chi connectivity index (χ1v) is 6.59. The molecule has 108 valence electrons. The smallest absolute Gasteiger partial charge is 0.360 e. The average molecular weight is 277 g/mol.